The van der Waals surface area contributed by atoms with Crippen molar-refractivity contribution in [2.45, 2.75) is 44.8 Å². The average Bonchev–Trinajstić information content (AvgIpc) is 2.34. The monoisotopic (exact) mass is 247 g/mol. The minimum absolute atomic E-state index is 0.215. The van der Waals surface area contributed by atoms with Crippen molar-refractivity contribution in [3.05, 3.63) is 0 Å². The van der Waals surface area contributed by atoms with E-state index in [1.807, 2.05) is 0 Å². The standard InChI is InChI=1S/C13H26FNO2/c1-3-11-4-5-12(16)10-13(11)15(7-6-14)8-9-17-2/h11-13,16H,3-10H2,1-2H3. The molecule has 3 atom stereocenters. The van der Waals surface area contributed by atoms with Crippen LogP contribution in [0.25, 0.3) is 0 Å². The Kier molecular flexibility index (Phi) is 7.00. The normalized spacial score (nSPS) is 29.8. The number of ether oxygens (including phenoxy) is 1. The summed E-state index contributed by atoms with van der Waals surface area (Å²) in [5, 5.41) is 9.78. The van der Waals surface area contributed by atoms with Gasteiger partial charge in [0.15, 0.2) is 0 Å². The molecule has 1 aliphatic rings. The summed E-state index contributed by atoms with van der Waals surface area (Å²) < 4.78 is 17.7. The molecule has 0 aromatic heterocycles. The van der Waals surface area contributed by atoms with Crippen LogP contribution in [0.1, 0.15) is 32.6 Å². The van der Waals surface area contributed by atoms with E-state index in [1.54, 1.807) is 7.11 Å². The van der Waals surface area contributed by atoms with Crippen LogP contribution in [0.2, 0.25) is 0 Å². The Labute approximate surface area is 104 Å². The molecular weight excluding hydrogens is 221 g/mol. The van der Waals surface area contributed by atoms with Gasteiger partial charge in [-0.1, -0.05) is 13.3 Å². The maximum Gasteiger partial charge on any atom is 0.102 e. The number of hydrogen-bond acceptors (Lipinski definition) is 3. The van der Waals surface area contributed by atoms with Crippen LogP contribution in [-0.4, -0.2) is 55.6 Å². The van der Waals surface area contributed by atoms with E-state index in [0.717, 1.165) is 32.2 Å². The number of aliphatic hydroxyl groups is 1. The highest BCUT2D eigenvalue weighted by Crippen LogP contribution is 2.30. The lowest BCUT2D eigenvalue weighted by atomic mass is 9.80. The van der Waals surface area contributed by atoms with E-state index in [0.29, 0.717) is 25.1 Å². The third-order valence-corrected chi connectivity index (χ3v) is 3.88. The molecule has 0 radical (unpaired) electrons. The number of hydrogen-bond donors (Lipinski definition) is 1. The maximum absolute atomic E-state index is 12.6. The summed E-state index contributed by atoms with van der Waals surface area (Å²) in [5.41, 5.74) is 0. The summed E-state index contributed by atoms with van der Waals surface area (Å²) in [6.45, 7) is 3.70. The molecule has 1 fully saturated rings. The lowest BCUT2D eigenvalue weighted by Crippen LogP contribution is -2.47. The summed E-state index contributed by atoms with van der Waals surface area (Å²) >= 11 is 0. The Hall–Kier alpha value is -0.190. The highest BCUT2D eigenvalue weighted by molar-refractivity contribution is 4.86. The quantitative estimate of drug-likeness (QED) is 0.745. The zero-order chi connectivity index (χ0) is 12.7. The fraction of sp³-hybridized carbons (Fsp3) is 1.00. The molecular formula is C13H26FNO2. The van der Waals surface area contributed by atoms with Crippen molar-refractivity contribution in [3.63, 3.8) is 0 Å². The predicted octanol–water partition coefficient (Wildman–Crippen LogP) is 1.84. The number of methoxy groups -OCH3 is 1. The van der Waals surface area contributed by atoms with Gasteiger partial charge in [-0.3, -0.25) is 4.90 Å². The SMILES string of the molecule is CCC1CCC(O)CC1N(CCF)CCOC. The smallest absolute Gasteiger partial charge is 0.102 e. The van der Waals surface area contributed by atoms with E-state index < -0.39 is 0 Å². The van der Waals surface area contributed by atoms with Crippen LogP contribution in [-0.2, 0) is 4.74 Å². The van der Waals surface area contributed by atoms with Gasteiger partial charge in [-0.05, 0) is 25.2 Å². The zero-order valence-corrected chi connectivity index (χ0v) is 11.1. The third-order valence-electron chi connectivity index (χ3n) is 3.88. The molecule has 3 unspecified atom stereocenters. The second kappa shape index (κ2) is 8.01. The Bertz CT molecular complexity index is 204. The first-order valence-corrected chi connectivity index (χ1v) is 6.69. The fourth-order valence-corrected chi connectivity index (χ4v) is 2.87. The van der Waals surface area contributed by atoms with Gasteiger partial charge in [0.2, 0.25) is 0 Å². The van der Waals surface area contributed by atoms with E-state index in [-0.39, 0.29) is 12.8 Å². The van der Waals surface area contributed by atoms with Gasteiger partial charge in [-0.15, -0.1) is 0 Å². The molecule has 0 amide bonds. The van der Waals surface area contributed by atoms with Crippen molar-refractivity contribution in [1.29, 1.82) is 0 Å². The number of halogens is 1. The molecule has 102 valence electrons. The van der Waals surface area contributed by atoms with Gasteiger partial charge >= 0.3 is 0 Å². The Morgan fingerprint density at radius 2 is 2.12 bits per heavy atom. The second-order valence-electron chi connectivity index (χ2n) is 4.92. The van der Waals surface area contributed by atoms with Crippen molar-refractivity contribution in [1.82, 2.24) is 4.90 Å². The van der Waals surface area contributed by atoms with Crippen molar-refractivity contribution < 1.29 is 14.2 Å². The van der Waals surface area contributed by atoms with E-state index in [1.165, 1.54) is 0 Å². The van der Waals surface area contributed by atoms with Crippen molar-refractivity contribution in [3.8, 4) is 0 Å². The van der Waals surface area contributed by atoms with E-state index in [4.69, 9.17) is 4.74 Å². The Morgan fingerprint density at radius 1 is 1.35 bits per heavy atom. The molecule has 17 heavy (non-hydrogen) atoms. The first kappa shape index (κ1) is 14.9. The van der Waals surface area contributed by atoms with Crippen LogP contribution in [0.5, 0.6) is 0 Å². The second-order valence-corrected chi connectivity index (χ2v) is 4.92. The topological polar surface area (TPSA) is 32.7 Å². The molecule has 4 heteroatoms. The molecule has 0 aromatic carbocycles. The Morgan fingerprint density at radius 3 is 2.71 bits per heavy atom. The molecule has 0 heterocycles. The molecule has 0 aromatic rings. The predicted molar refractivity (Wildman–Crippen MR) is 66.9 cm³/mol. The van der Waals surface area contributed by atoms with Gasteiger partial charge in [-0.2, -0.15) is 0 Å². The lowest BCUT2D eigenvalue weighted by molar-refractivity contribution is 0.0126. The van der Waals surface area contributed by atoms with Gasteiger partial charge in [0.05, 0.1) is 12.7 Å². The highest BCUT2D eigenvalue weighted by atomic mass is 19.1. The maximum atomic E-state index is 12.6. The van der Waals surface area contributed by atoms with Crippen LogP contribution >= 0.6 is 0 Å². The van der Waals surface area contributed by atoms with Crippen molar-refractivity contribution in [2.24, 2.45) is 5.92 Å². The summed E-state index contributed by atoms with van der Waals surface area (Å²) in [6.07, 6.45) is 3.61. The summed E-state index contributed by atoms with van der Waals surface area (Å²) in [7, 11) is 1.67. The minimum atomic E-state index is -0.327. The van der Waals surface area contributed by atoms with Crippen molar-refractivity contribution >= 4 is 0 Å². The van der Waals surface area contributed by atoms with Crippen LogP contribution in [0.3, 0.4) is 0 Å². The summed E-state index contributed by atoms with van der Waals surface area (Å²) in [5.74, 6) is 0.585. The molecule has 0 saturated heterocycles. The van der Waals surface area contributed by atoms with E-state index in [9.17, 15) is 9.50 Å². The van der Waals surface area contributed by atoms with Gasteiger partial charge in [0.1, 0.15) is 6.67 Å². The van der Waals surface area contributed by atoms with Crippen LogP contribution in [0, 0.1) is 5.92 Å². The van der Waals surface area contributed by atoms with E-state index in [2.05, 4.69) is 11.8 Å². The minimum Gasteiger partial charge on any atom is -0.393 e. The molecule has 1 aliphatic carbocycles. The summed E-state index contributed by atoms with van der Waals surface area (Å²) in [6, 6.07) is 0.314. The molecule has 1 rings (SSSR count). The van der Waals surface area contributed by atoms with Gasteiger partial charge in [0.25, 0.3) is 0 Å². The third kappa shape index (κ3) is 4.53. The van der Waals surface area contributed by atoms with E-state index >= 15 is 0 Å². The van der Waals surface area contributed by atoms with Crippen LogP contribution in [0.15, 0.2) is 0 Å². The highest BCUT2D eigenvalue weighted by Gasteiger charge is 2.32. The van der Waals surface area contributed by atoms with Crippen molar-refractivity contribution in [2.75, 3.05) is 33.5 Å². The average molecular weight is 247 g/mol. The largest absolute Gasteiger partial charge is 0.393 e. The number of alkyl halides is 1. The first-order chi connectivity index (χ1) is 8.22. The molecule has 3 nitrogen and oxygen atoms in total. The number of rotatable bonds is 7. The number of aliphatic hydroxyl groups excluding tert-OH is 1. The van der Waals surface area contributed by atoms with Crippen LogP contribution < -0.4 is 0 Å². The zero-order valence-electron chi connectivity index (χ0n) is 11.1. The molecule has 0 bridgehead atoms. The first-order valence-electron chi connectivity index (χ1n) is 6.69. The molecule has 0 aliphatic heterocycles. The molecule has 0 spiro atoms. The van der Waals surface area contributed by atoms with Gasteiger partial charge < -0.3 is 9.84 Å². The van der Waals surface area contributed by atoms with Crippen LogP contribution in [0.4, 0.5) is 4.39 Å². The number of nitrogens with zero attached hydrogens (tertiary/aromatic N) is 1. The fourth-order valence-electron chi connectivity index (χ4n) is 2.87. The van der Waals surface area contributed by atoms with Gasteiger partial charge in [-0.25, -0.2) is 4.39 Å². The molecule has 1 N–H and O–H groups in total. The van der Waals surface area contributed by atoms with Gasteiger partial charge in [0, 0.05) is 26.2 Å². The molecule has 1 saturated carbocycles. The summed E-state index contributed by atoms with van der Waals surface area (Å²) in [4.78, 5) is 2.15. The Balaban J connectivity index is 2.59. The lowest BCUT2D eigenvalue weighted by Gasteiger charge is -2.41.